The quantitative estimate of drug-likeness (QED) is 0.544. The Morgan fingerprint density at radius 2 is 1.84 bits per heavy atom. The lowest BCUT2D eigenvalue weighted by Crippen LogP contribution is -2.56. The number of hydrogen-bond acceptors (Lipinski definition) is 5. The van der Waals surface area contributed by atoms with Crippen molar-refractivity contribution in [3.8, 4) is 0 Å². The number of amides is 2. The number of benzene rings is 1. The molecule has 1 aromatic carbocycles. The molecule has 1 aliphatic heterocycles. The van der Waals surface area contributed by atoms with E-state index in [-0.39, 0.29) is 24.2 Å². The highest BCUT2D eigenvalue weighted by Crippen LogP contribution is 2.12. The average molecular weight is 446 g/mol. The summed E-state index contributed by atoms with van der Waals surface area (Å²) in [6.45, 7) is 10.6. The van der Waals surface area contributed by atoms with E-state index in [9.17, 15) is 14.4 Å². The van der Waals surface area contributed by atoms with Crippen molar-refractivity contribution in [3.63, 3.8) is 0 Å². The molecule has 178 valence electrons. The lowest BCUT2D eigenvalue weighted by atomic mass is 9.99. The van der Waals surface area contributed by atoms with Gasteiger partial charge in [-0.15, -0.1) is 0 Å². The summed E-state index contributed by atoms with van der Waals surface area (Å²) in [4.78, 5) is 39.9. The Morgan fingerprint density at radius 1 is 1.12 bits per heavy atom. The molecule has 1 aromatic rings. The number of Topliss-reactive ketones (excluding diaryl/α,β-unsaturated/α-hetero) is 1. The van der Waals surface area contributed by atoms with E-state index < -0.39 is 18.2 Å². The van der Waals surface area contributed by atoms with Gasteiger partial charge in [-0.2, -0.15) is 0 Å². The van der Waals surface area contributed by atoms with Crippen molar-refractivity contribution in [1.82, 2.24) is 15.5 Å². The van der Waals surface area contributed by atoms with Crippen LogP contribution in [0.4, 0.5) is 4.79 Å². The predicted octanol–water partition coefficient (Wildman–Crippen LogP) is 3.52. The molecule has 0 bridgehead atoms. The zero-order valence-electron chi connectivity index (χ0n) is 19.9. The molecule has 7 nitrogen and oxygen atoms in total. The van der Waals surface area contributed by atoms with Gasteiger partial charge in [0.25, 0.3) is 0 Å². The maximum Gasteiger partial charge on any atom is 0.408 e. The van der Waals surface area contributed by atoms with Crippen molar-refractivity contribution in [3.05, 3.63) is 35.9 Å². The van der Waals surface area contributed by atoms with Crippen LogP contribution in [-0.2, 0) is 20.9 Å². The van der Waals surface area contributed by atoms with Crippen LogP contribution in [0.25, 0.3) is 0 Å². The van der Waals surface area contributed by atoms with Crippen molar-refractivity contribution in [2.24, 2.45) is 11.8 Å². The second kappa shape index (κ2) is 13.2. The van der Waals surface area contributed by atoms with E-state index in [1.165, 1.54) is 0 Å². The summed E-state index contributed by atoms with van der Waals surface area (Å²) in [6.07, 6.45) is 2.65. The van der Waals surface area contributed by atoms with Gasteiger partial charge in [0.05, 0.1) is 12.6 Å². The third-order valence-electron chi connectivity index (χ3n) is 5.60. The lowest BCUT2D eigenvalue weighted by molar-refractivity contribution is -0.131. The van der Waals surface area contributed by atoms with Crippen LogP contribution in [-0.4, -0.2) is 54.4 Å². The fraction of sp³-hybridized carbons (Fsp3) is 0.640. The van der Waals surface area contributed by atoms with E-state index in [4.69, 9.17) is 4.74 Å². The summed E-state index contributed by atoms with van der Waals surface area (Å²) in [7, 11) is 0. The number of likely N-dealkylation sites (tertiary alicyclic amines) is 1. The van der Waals surface area contributed by atoms with Gasteiger partial charge in [0.1, 0.15) is 12.6 Å². The summed E-state index contributed by atoms with van der Waals surface area (Å²) in [5.74, 6) is 0.553. The third-order valence-corrected chi connectivity index (χ3v) is 5.60. The molecule has 1 aliphatic rings. The topological polar surface area (TPSA) is 87.7 Å². The monoisotopic (exact) mass is 445 g/mol. The second-order valence-corrected chi connectivity index (χ2v) is 9.52. The van der Waals surface area contributed by atoms with Crippen LogP contribution in [0.15, 0.2) is 30.3 Å². The Morgan fingerprint density at radius 3 is 2.47 bits per heavy atom. The number of nitrogens with zero attached hydrogens (tertiary/aromatic N) is 1. The zero-order valence-corrected chi connectivity index (χ0v) is 19.9. The molecule has 1 saturated heterocycles. The van der Waals surface area contributed by atoms with E-state index in [1.54, 1.807) is 0 Å². The molecular weight excluding hydrogens is 406 g/mol. The molecule has 2 amide bonds. The van der Waals surface area contributed by atoms with Crippen LogP contribution in [0.5, 0.6) is 0 Å². The van der Waals surface area contributed by atoms with Crippen LogP contribution in [0.1, 0.15) is 58.9 Å². The molecular formula is C25H39N3O4. The van der Waals surface area contributed by atoms with Gasteiger partial charge in [-0.1, -0.05) is 58.0 Å². The molecule has 7 heteroatoms. The molecule has 1 fully saturated rings. The number of carbonyl (C=O) groups is 3. The van der Waals surface area contributed by atoms with Gasteiger partial charge < -0.3 is 15.4 Å². The van der Waals surface area contributed by atoms with Crippen molar-refractivity contribution in [2.45, 2.75) is 72.1 Å². The molecule has 0 spiro atoms. The molecule has 0 aliphatic carbocycles. The molecule has 32 heavy (non-hydrogen) atoms. The largest absolute Gasteiger partial charge is 0.445 e. The fourth-order valence-electron chi connectivity index (χ4n) is 3.83. The summed E-state index contributed by atoms with van der Waals surface area (Å²) < 4.78 is 5.27. The molecule has 0 radical (unpaired) electrons. The maximum absolute atomic E-state index is 12.9. The average Bonchev–Trinajstić information content (AvgIpc) is 2.74. The zero-order chi connectivity index (χ0) is 23.5. The minimum atomic E-state index is -0.741. The Hall–Kier alpha value is -2.41. The minimum absolute atomic E-state index is 0.0316. The van der Waals surface area contributed by atoms with Crippen LogP contribution < -0.4 is 10.6 Å². The van der Waals surface area contributed by atoms with E-state index in [1.807, 2.05) is 44.2 Å². The first kappa shape index (κ1) is 25.8. The first-order valence-electron chi connectivity index (χ1n) is 11.8. The van der Waals surface area contributed by atoms with Gasteiger partial charge in [0, 0.05) is 6.54 Å². The Kier molecular flexibility index (Phi) is 10.7. The first-order valence-corrected chi connectivity index (χ1v) is 11.8. The molecule has 0 aromatic heterocycles. The number of piperidine rings is 1. The molecule has 0 saturated carbocycles. The minimum Gasteiger partial charge on any atom is -0.445 e. The smallest absolute Gasteiger partial charge is 0.408 e. The van der Waals surface area contributed by atoms with Gasteiger partial charge in [0.2, 0.25) is 5.91 Å². The number of rotatable bonds is 11. The van der Waals surface area contributed by atoms with Gasteiger partial charge in [-0.05, 0) is 49.6 Å². The Balaban J connectivity index is 1.83. The van der Waals surface area contributed by atoms with Gasteiger partial charge in [-0.3, -0.25) is 14.5 Å². The maximum atomic E-state index is 12.9. The molecule has 1 heterocycles. The normalized spacial score (nSPS) is 17.9. The van der Waals surface area contributed by atoms with Crippen molar-refractivity contribution in [1.29, 1.82) is 0 Å². The second-order valence-electron chi connectivity index (χ2n) is 9.52. The van der Waals surface area contributed by atoms with Crippen molar-refractivity contribution < 1.29 is 19.1 Å². The fourth-order valence-corrected chi connectivity index (χ4v) is 3.83. The van der Waals surface area contributed by atoms with Crippen molar-refractivity contribution >= 4 is 17.8 Å². The van der Waals surface area contributed by atoms with E-state index >= 15 is 0 Å². The highest BCUT2D eigenvalue weighted by Gasteiger charge is 2.31. The van der Waals surface area contributed by atoms with Crippen LogP contribution in [0.2, 0.25) is 0 Å². The number of ether oxygens (including phenoxy) is 1. The van der Waals surface area contributed by atoms with E-state index in [2.05, 4.69) is 29.4 Å². The third kappa shape index (κ3) is 9.39. The summed E-state index contributed by atoms with van der Waals surface area (Å²) >= 11 is 0. The van der Waals surface area contributed by atoms with Gasteiger partial charge in [-0.25, -0.2) is 4.79 Å². The van der Waals surface area contributed by atoms with Gasteiger partial charge >= 0.3 is 6.09 Å². The molecule has 1 unspecified atom stereocenters. The van der Waals surface area contributed by atoms with Crippen LogP contribution in [0, 0.1) is 11.8 Å². The van der Waals surface area contributed by atoms with E-state index in [0.717, 1.165) is 31.5 Å². The molecule has 2 atom stereocenters. The standard InChI is InChI=1S/C25H39N3O4/c1-18(2)9-8-13-28-14-12-21(23(29)16-28)26-24(30)22(15-19(3)4)27-25(31)32-17-20-10-6-5-7-11-20/h5-7,10-11,18-19,21-22H,8-9,12-17H2,1-4H3,(H,26,30)(H,27,31)/t21?,22-/m0/s1. The number of nitrogens with one attached hydrogen (secondary N) is 2. The van der Waals surface area contributed by atoms with Crippen LogP contribution in [0.3, 0.4) is 0 Å². The van der Waals surface area contributed by atoms with Gasteiger partial charge in [0.15, 0.2) is 5.78 Å². The highest BCUT2D eigenvalue weighted by molar-refractivity contribution is 5.93. The summed E-state index contributed by atoms with van der Waals surface area (Å²) in [5, 5.41) is 5.54. The van der Waals surface area contributed by atoms with Crippen molar-refractivity contribution in [2.75, 3.05) is 19.6 Å². The first-order chi connectivity index (χ1) is 15.2. The predicted molar refractivity (Wildman–Crippen MR) is 125 cm³/mol. The number of hydrogen-bond donors (Lipinski definition) is 2. The number of carbonyl (C=O) groups excluding carboxylic acids is 3. The summed E-state index contributed by atoms with van der Waals surface area (Å²) in [6, 6.07) is 8.13. The molecule has 2 N–H and O–H groups in total. The SMILES string of the molecule is CC(C)CCCN1CCC(NC(=O)[C@H](CC(C)C)NC(=O)OCc2ccccc2)C(=O)C1. The Labute approximate surface area is 192 Å². The summed E-state index contributed by atoms with van der Waals surface area (Å²) in [5.41, 5.74) is 0.873. The highest BCUT2D eigenvalue weighted by atomic mass is 16.5. The lowest BCUT2D eigenvalue weighted by Gasteiger charge is -2.32. The van der Waals surface area contributed by atoms with E-state index in [0.29, 0.717) is 25.3 Å². The number of ketones is 1. The molecule has 2 rings (SSSR count). The van der Waals surface area contributed by atoms with Crippen LogP contribution >= 0.6 is 0 Å². The number of alkyl carbamates (subject to hydrolysis) is 1. The Bertz CT molecular complexity index is 736.